The summed E-state index contributed by atoms with van der Waals surface area (Å²) in [5, 5.41) is 2.28. The third-order valence-electron chi connectivity index (χ3n) is 1.59. The van der Waals surface area contributed by atoms with Crippen LogP contribution in [0.2, 0.25) is 0 Å². The van der Waals surface area contributed by atoms with Crippen molar-refractivity contribution in [2.45, 2.75) is 24.8 Å². The molecule has 5 heteroatoms. The van der Waals surface area contributed by atoms with Crippen LogP contribution in [0, 0.1) is 0 Å². The Kier molecular flexibility index (Phi) is 1.76. The zero-order chi connectivity index (χ0) is 7.78. The third-order valence-corrected chi connectivity index (χ3v) is 1.71. The second-order valence-corrected chi connectivity index (χ2v) is 2.80. The zero-order valence-electron chi connectivity index (χ0n) is 5.23. The highest BCUT2D eigenvalue weighted by Crippen LogP contribution is 2.37. The van der Waals surface area contributed by atoms with Crippen LogP contribution in [0.25, 0.3) is 0 Å². The number of alkyl halides is 2. The fourth-order valence-corrected chi connectivity index (χ4v) is 0.999. The van der Waals surface area contributed by atoms with Crippen LogP contribution in [0.4, 0.5) is 8.78 Å². The number of hydrogen-bond donors (Lipinski definition) is 2. The van der Waals surface area contributed by atoms with Gasteiger partial charge in [-0.25, -0.2) is 8.78 Å². The van der Waals surface area contributed by atoms with Crippen molar-refractivity contribution in [2.75, 3.05) is 0 Å². The van der Waals surface area contributed by atoms with E-state index in [4.69, 9.17) is 5.73 Å². The number of thiocarbonyl (C=S) groups is 1. The van der Waals surface area contributed by atoms with Gasteiger partial charge in [-0.15, -0.1) is 0 Å². The Bertz CT molecular complexity index is 160. The van der Waals surface area contributed by atoms with Crippen molar-refractivity contribution < 1.29 is 8.78 Å². The summed E-state index contributed by atoms with van der Waals surface area (Å²) in [7, 11) is 0. The first-order valence-electron chi connectivity index (χ1n) is 2.96. The maximum atomic E-state index is 12.4. The second kappa shape index (κ2) is 2.30. The summed E-state index contributed by atoms with van der Waals surface area (Å²) in [5.74, 6) is -2.61. The molecule has 0 aromatic rings. The first kappa shape index (κ1) is 7.65. The monoisotopic (exact) mass is 166 g/mol. The lowest BCUT2D eigenvalue weighted by atomic mass is 9.88. The average molecular weight is 166 g/mol. The minimum Gasteiger partial charge on any atom is -0.376 e. The van der Waals surface area contributed by atoms with Crippen molar-refractivity contribution in [1.82, 2.24) is 5.32 Å². The normalized spacial score (nSPS) is 28.8. The molecule has 0 aliphatic heterocycles. The van der Waals surface area contributed by atoms with Crippen LogP contribution in [-0.4, -0.2) is 17.1 Å². The molecule has 1 aliphatic rings. The highest BCUT2D eigenvalue weighted by molar-refractivity contribution is 7.80. The van der Waals surface area contributed by atoms with Crippen LogP contribution >= 0.6 is 12.2 Å². The molecule has 0 aromatic heterocycles. The number of nitrogens with two attached hydrogens (primary N) is 1. The van der Waals surface area contributed by atoms with Gasteiger partial charge in [0.05, 0.1) is 6.04 Å². The van der Waals surface area contributed by atoms with Crippen LogP contribution in [0.1, 0.15) is 12.8 Å². The average Bonchev–Trinajstić information content (AvgIpc) is 1.81. The largest absolute Gasteiger partial charge is 0.376 e. The predicted octanol–water partition coefficient (Wildman–Crippen LogP) is 0.617. The number of halogens is 2. The Labute approximate surface area is 62.8 Å². The zero-order valence-corrected chi connectivity index (χ0v) is 6.05. The van der Waals surface area contributed by atoms with Gasteiger partial charge in [0.15, 0.2) is 5.11 Å². The van der Waals surface area contributed by atoms with Gasteiger partial charge in [-0.05, 0) is 18.6 Å². The van der Waals surface area contributed by atoms with Gasteiger partial charge >= 0.3 is 0 Å². The number of hydrogen-bond acceptors (Lipinski definition) is 1. The molecule has 0 amide bonds. The minimum atomic E-state index is -2.61. The van der Waals surface area contributed by atoms with E-state index in [1.54, 1.807) is 0 Å². The predicted molar refractivity (Wildman–Crippen MR) is 37.9 cm³/mol. The van der Waals surface area contributed by atoms with E-state index < -0.39 is 12.0 Å². The van der Waals surface area contributed by atoms with Gasteiger partial charge < -0.3 is 11.1 Å². The Morgan fingerprint density at radius 3 is 2.40 bits per heavy atom. The van der Waals surface area contributed by atoms with Gasteiger partial charge in [0.2, 0.25) is 0 Å². The Hall–Kier alpha value is -0.450. The fourth-order valence-electron chi connectivity index (χ4n) is 0.856. The summed E-state index contributed by atoms with van der Waals surface area (Å²) in [4.78, 5) is 0. The SMILES string of the molecule is NC(=S)NC1CCC1(F)F. The van der Waals surface area contributed by atoms with E-state index in [0.29, 0.717) is 6.42 Å². The molecule has 1 fully saturated rings. The van der Waals surface area contributed by atoms with Gasteiger partial charge in [-0.1, -0.05) is 0 Å². The molecule has 0 saturated heterocycles. The molecule has 10 heavy (non-hydrogen) atoms. The highest BCUT2D eigenvalue weighted by atomic mass is 32.1. The summed E-state index contributed by atoms with van der Waals surface area (Å²) in [5.41, 5.74) is 5.01. The molecule has 0 heterocycles. The van der Waals surface area contributed by atoms with E-state index in [9.17, 15) is 8.78 Å². The topological polar surface area (TPSA) is 38.0 Å². The molecule has 1 unspecified atom stereocenters. The molecule has 1 aliphatic carbocycles. The summed E-state index contributed by atoms with van der Waals surface area (Å²) in [6.45, 7) is 0. The summed E-state index contributed by atoms with van der Waals surface area (Å²) < 4.78 is 24.8. The van der Waals surface area contributed by atoms with Crippen LogP contribution in [0.5, 0.6) is 0 Å². The van der Waals surface area contributed by atoms with E-state index in [-0.39, 0.29) is 11.5 Å². The van der Waals surface area contributed by atoms with Gasteiger partial charge in [0.25, 0.3) is 5.92 Å². The van der Waals surface area contributed by atoms with Crippen LogP contribution in [-0.2, 0) is 0 Å². The Morgan fingerprint density at radius 1 is 1.70 bits per heavy atom. The molecule has 58 valence electrons. The molecule has 0 aromatic carbocycles. The summed E-state index contributed by atoms with van der Waals surface area (Å²) >= 11 is 4.41. The molecule has 0 radical (unpaired) electrons. The molecule has 0 spiro atoms. The molecular formula is C5H8F2N2S. The smallest absolute Gasteiger partial charge is 0.267 e. The van der Waals surface area contributed by atoms with Crippen LogP contribution < -0.4 is 11.1 Å². The molecule has 3 N–H and O–H groups in total. The van der Waals surface area contributed by atoms with Crippen molar-refractivity contribution in [1.29, 1.82) is 0 Å². The molecule has 2 nitrogen and oxygen atoms in total. The van der Waals surface area contributed by atoms with Crippen LogP contribution in [0.3, 0.4) is 0 Å². The van der Waals surface area contributed by atoms with E-state index in [1.165, 1.54) is 0 Å². The van der Waals surface area contributed by atoms with Crippen molar-refractivity contribution in [3.63, 3.8) is 0 Å². The first-order valence-corrected chi connectivity index (χ1v) is 3.37. The molecule has 1 rings (SSSR count). The Morgan fingerprint density at radius 2 is 2.30 bits per heavy atom. The maximum absolute atomic E-state index is 12.4. The minimum absolute atomic E-state index is 0.0515. The summed E-state index contributed by atoms with van der Waals surface area (Å²) in [6.07, 6.45) is 0.387. The van der Waals surface area contributed by atoms with E-state index in [1.807, 2.05) is 0 Å². The maximum Gasteiger partial charge on any atom is 0.267 e. The van der Waals surface area contributed by atoms with Gasteiger partial charge in [-0.2, -0.15) is 0 Å². The standard InChI is InChI=1S/C5H8F2N2S/c6-5(7)2-1-3(5)9-4(8)10/h3H,1-2H2,(H3,8,9,10). The van der Waals surface area contributed by atoms with E-state index in [2.05, 4.69) is 17.5 Å². The first-order chi connectivity index (χ1) is 4.52. The van der Waals surface area contributed by atoms with E-state index >= 15 is 0 Å². The van der Waals surface area contributed by atoms with Crippen molar-refractivity contribution >= 4 is 17.3 Å². The van der Waals surface area contributed by atoms with E-state index in [0.717, 1.165) is 0 Å². The fraction of sp³-hybridized carbons (Fsp3) is 0.800. The van der Waals surface area contributed by atoms with Crippen molar-refractivity contribution in [3.05, 3.63) is 0 Å². The lowest BCUT2D eigenvalue weighted by Crippen LogP contribution is -2.56. The lowest BCUT2D eigenvalue weighted by molar-refractivity contribution is -0.0991. The number of nitrogens with one attached hydrogen (secondary N) is 1. The summed E-state index contributed by atoms with van der Waals surface area (Å²) in [6, 6.07) is -0.829. The number of rotatable bonds is 1. The third kappa shape index (κ3) is 1.34. The van der Waals surface area contributed by atoms with Crippen LogP contribution in [0.15, 0.2) is 0 Å². The highest BCUT2D eigenvalue weighted by Gasteiger charge is 2.48. The van der Waals surface area contributed by atoms with Crippen molar-refractivity contribution in [3.8, 4) is 0 Å². The lowest BCUT2D eigenvalue weighted by Gasteiger charge is -2.36. The van der Waals surface area contributed by atoms with Gasteiger partial charge in [0, 0.05) is 6.42 Å². The van der Waals surface area contributed by atoms with Crippen molar-refractivity contribution in [2.24, 2.45) is 5.73 Å². The molecule has 1 saturated carbocycles. The van der Waals surface area contributed by atoms with Gasteiger partial charge in [0.1, 0.15) is 0 Å². The molecule has 1 atom stereocenters. The quantitative estimate of drug-likeness (QED) is 0.561. The molecule has 0 bridgehead atoms. The Balaban J connectivity index is 2.37. The second-order valence-electron chi connectivity index (χ2n) is 2.36. The van der Waals surface area contributed by atoms with Gasteiger partial charge in [-0.3, -0.25) is 0 Å². The molecular weight excluding hydrogens is 158 g/mol.